The maximum atomic E-state index is 11.8. The summed E-state index contributed by atoms with van der Waals surface area (Å²) in [4.78, 5) is 19.5. The maximum Gasteiger partial charge on any atom is 0.275 e. The molecule has 7 nitrogen and oxygen atoms in total. The molecule has 0 aliphatic rings. The third-order valence-electron chi connectivity index (χ3n) is 2.29. The van der Waals surface area contributed by atoms with Crippen LogP contribution in [0.25, 0.3) is 0 Å². The number of carbonyl (C=O) groups excluding carboxylic acids is 1. The number of amides is 1. The predicted octanol–water partition coefficient (Wildman–Crippen LogP) is 1.09. The molecule has 0 bridgehead atoms. The molecule has 0 spiro atoms. The fourth-order valence-electron chi connectivity index (χ4n) is 1.34. The zero-order valence-corrected chi connectivity index (χ0v) is 10.2. The van der Waals surface area contributed by atoms with Gasteiger partial charge in [-0.05, 0) is 13.8 Å². The molecular weight excluding hydrogens is 232 g/mol. The number of rotatable bonds is 3. The standard InChI is InChI=1S/C11H14N6O/c1-7(2)17-6-8(3-15-17)16-11(18)9-4-14-10(12)5-13-9/h3-7H,1-2H3,(H2,12,14)(H,16,18). The minimum Gasteiger partial charge on any atom is -0.382 e. The van der Waals surface area contributed by atoms with Gasteiger partial charge in [0.05, 0.1) is 24.3 Å². The highest BCUT2D eigenvalue weighted by Gasteiger charge is 2.09. The van der Waals surface area contributed by atoms with Gasteiger partial charge in [0.15, 0.2) is 0 Å². The average Bonchev–Trinajstić information content (AvgIpc) is 2.78. The van der Waals surface area contributed by atoms with E-state index < -0.39 is 0 Å². The average molecular weight is 246 g/mol. The van der Waals surface area contributed by atoms with E-state index in [2.05, 4.69) is 20.4 Å². The Labute approximate surface area is 104 Å². The minimum absolute atomic E-state index is 0.210. The van der Waals surface area contributed by atoms with Crippen LogP contribution in [0.2, 0.25) is 0 Å². The molecule has 2 aromatic heterocycles. The maximum absolute atomic E-state index is 11.8. The Hall–Kier alpha value is -2.44. The Morgan fingerprint density at radius 3 is 2.67 bits per heavy atom. The van der Waals surface area contributed by atoms with E-state index in [1.54, 1.807) is 17.1 Å². The molecule has 2 heterocycles. The Morgan fingerprint density at radius 1 is 1.33 bits per heavy atom. The second-order valence-electron chi connectivity index (χ2n) is 4.08. The van der Waals surface area contributed by atoms with Crippen LogP contribution in [-0.2, 0) is 0 Å². The molecule has 3 N–H and O–H groups in total. The number of nitrogens with zero attached hydrogens (tertiary/aromatic N) is 4. The van der Waals surface area contributed by atoms with Gasteiger partial charge in [-0.1, -0.05) is 0 Å². The van der Waals surface area contributed by atoms with Crippen molar-refractivity contribution in [3.05, 3.63) is 30.5 Å². The van der Waals surface area contributed by atoms with Gasteiger partial charge in [0, 0.05) is 12.2 Å². The van der Waals surface area contributed by atoms with Crippen LogP contribution in [0.1, 0.15) is 30.4 Å². The first-order valence-electron chi connectivity index (χ1n) is 5.49. The van der Waals surface area contributed by atoms with Crippen LogP contribution in [0.4, 0.5) is 11.5 Å². The Balaban J connectivity index is 2.08. The molecule has 7 heteroatoms. The molecule has 0 radical (unpaired) electrons. The monoisotopic (exact) mass is 246 g/mol. The van der Waals surface area contributed by atoms with Gasteiger partial charge in [-0.15, -0.1) is 0 Å². The number of hydrogen-bond donors (Lipinski definition) is 2. The van der Waals surface area contributed by atoms with Crippen LogP contribution < -0.4 is 11.1 Å². The summed E-state index contributed by atoms with van der Waals surface area (Å²) in [6.45, 7) is 4.01. The molecule has 0 atom stereocenters. The SMILES string of the molecule is CC(C)n1cc(NC(=O)c2cnc(N)cn2)cn1. The van der Waals surface area contributed by atoms with Crippen LogP contribution in [0.3, 0.4) is 0 Å². The van der Waals surface area contributed by atoms with E-state index in [1.807, 2.05) is 13.8 Å². The third kappa shape index (κ3) is 2.62. The molecule has 0 aromatic carbocycles. The van der Waals surface area contributed by atoms with E-state index >= 15 is 0 Å². The lowest BCUT2D eigenvalue weighted by atomic mass is 10.4. The summed E-state index contributed by atoms with van der Waals surface area (Å²) in [6, 6.07) is 0.243. The molecule has 0 saturated carbocycles. The summed E-state index contributed by atoms with van der Waals surface area (Å²) in [5.41, 5.74) is 6.22. The molecule has 0 unspecified atom stereocenters. The highest BCUT2D eigenvalue weighted by Crippen LogP contribution is 2.10. The lowest BCUT2D eigenvalue weighted by Gasteiger charge is -2.03. The Morgan fingerprint density at radius 2 is 2.11 bits per heavy atom. The number of nitrogens with one attached hydrogen (secondary N) is 1. The van der Waals surface area contributed by atoms with Crippen molar-refractivity contribution >= 4 is 17.4 Å². The van der Waals surface area contributed by atoms with Crippen molar-refractivity contribution in [2.24, 2.45) is 0 Å². The first-order valence-corrected chi connectivity index (χ1v) is 5.49. The van der Waals surface area contributed by atoms with Crippen LogP contribution in [0.5, 0.6) is 0 Å². The van der Waals surface area contributed by atoms with Crippen molar-refractivity contribution in [1.29, 1.82) is 0 Å². The number of nitrogen functional groups attached to an aromatic ring is 1. The summed E-state index contributed by atoms with van der Waals surface area (Å²) in [7, 11) is 0. The number of nitrogens with two attached hydrogens (primary N) is 1. The fraction of sp³-hybridized carbons (Fsp3) is 0.273. The van der Waals surface area contributed by atoms with Crippen molar-refractivity contribution < 1.29 is 4.79 Å². The molecule has 0 aliphatic carbocycles. The molecule has 0 saturated heterocycles. The second-order valence-corrected chi connectivity index (χ2v) is 4.08. The van der Waals surface area contributed by atoms with E-state index in [9.17, 15) is 4.79 Å². The number of anilines is 2. The molecule has 94 valence electrons. The lowest BCUT2D eigenvalue weighted by Crippen LogP contribution is -2.14. The second kappa shape index (κ2) is 4.82. The number of aromatic nitrogens is 4. The van der Waals surface area contributed by atoms with Crippen LogP contribution in [0.15, 0.2) is 24.8 Å². The van der Waals surface area contributed by atoms with Gasteiger partial charge in [-0.3, -0.25) is 9.48 Å². The highest BCUT2D eigenvalue weighted by atomic mass is 16.1. The van der Waals surface area contributed by atoms with Gasteiger partial charge < -0.3 is 11.1 Å². The number of hydrogen-bond acceptors (Lipinski definition) is 5. The van der Waals surface area contributed by atoms with E-state index in [-0.39, 0.29) is 23.5 Å². The van der Waals surface area contributed by atoms with Gasteiger partial charge in [0.2, 0.25) is 0 Å². The summed E-state index contributed by atoms with van der Waals surface area (Å²) in [5.74, 6) is -0.0648. The summed E-state index contributed by atoms with van der Waals surface area (Å²) >= 11 is 0. The topological polar surface area (TPSA) is 98.7 Å². The predicted molar refractivity (Wildman–Crippen MR) is 67.0 cm³/mol. The molecule has 0 fully saturated rings. The van der Waals surface area contributed by atoms with Crippen molar-refractivity contribution in [1.82, 2.24) is 19.7 Å². The smallest absolute Gasteiger partial charge is 0.275 e. The zero-order valence-electron chi connectivity index (χ0n) is 10.2. The van der Waals surface area contributed by atoms with Crippen molar-refractivity contribution in [2.45, 2.75) is 19.9 Å². The van der Waals surface area contributed by atoms with Crippen LogP contribution >= 0.6 is 0 Å². The van der Waals surface area contributed by atoms with Gasteiger partial charge in [0.25, 0.3) is 5.91 Å². The number of carbonyl (C=O) groups is 1. The third-order valence-corrected chi connectivity index (χ3v) is 2.29. The Kier molecular flexibility index (Phi) is 3.22. The summed E-state index contributed by atoms with van der Waals surface area (Å²) in [6.07, 6.45) is 6.01. The van der Waals surface area contributed by atoms with Gasteiger partial charge >= 0.3 is 0 Å². The van der Waals surface area contributed by atoms with E-state index in [0.29, 0.717) is 5.69 Å². The van der Waals surface area contributed by atoms with E-state index in [0.717, 1.165) is 0 Å². The van der Waals surface area contributed by atoms with Crippen molar-refractivity contribution in [3.8, 4) is 0 Å². The van der Waals surface area contributed by atoms with Crippen LogP contribution in [-0.4, -0.2) is 25.7 Å². The molecule has 2 aromatic rings. The van der Waals surface area contributed by atoms with Crippen molar-refractivity contribution in [3.63, 3.8) is 0 Å². The normalized spacial score (nSPS) is 10.6. The highest BCUT2D eigenvalue weighted by molar-refractivity contribution is 6.02. The molecule has 0 aliphatic heterocycles. The van der Waals surface area contributed by atoms with E-state index in [1.165, 1.54) is 12.4 Å². The van der Waals surface area contributed by atoms with Gasteiger partial charge in [0.1, 0.15) is 11.5 Å². The minimum atomic E-state index is -0.342. The largest absolute Gasteiger partial charge is 0.382 e. The van der Waals surface area contributed by atoms with Crippen molar-refractivity contribution in [2.75, 3.05) is 11.1 Å². The molecule has 18 heavy (non-hydrogen) atoms. The molecule has 2 rings (SSSR count). The quantitative estimate of drug-likeness (QED) is 0.844. The zero-order chi connectivity index (χ0) is 13.1. The molecular formula is C11H14N6O. The summed E-state index contributed by atoms with van der Waals surface area (Å²) < 4.78 is 1.75. The van der Waals surface area contributed by atoms with Gasteiger partial charge in [-0.25, -0.2) is 9.97 Å². The first kappa shape index (κ1) is 12.0. The fourth-order valence-corrected chi connectivity index (χ4v) is 1.34. The van der Waals surface area contributed by atoms with Gasteiger partial charge in [-0.2, -0.15) is 5.10 Å². The summed E-state index contributed by atoms with van der Waals surface area (Å²) in [5, 5.41) is 6.81. The van der Waals surface area contributed by atoms with Crippen LogP contribution in [0, 0.1) is 0 Å². The lowest BCUT2D eigenvalue weighted by molar-refractivity contribution is 0.102. The first-order chi connectivity index (χ1) is 8.56. The molecule has 1 amide bonds. The Bertz CT molecular complexity index is 545. The van der Waals surface area contributed by atoms with E-state index in [4.69, 9.17) is 5.73 Å².